The summed E-state index contributed by atoms with van der Waals surface area (Å²) in [5.41, 5.74) is 10.0. The first-order valence-corrected chi connectivity index (χ1v) is 4.48. The highest BCUT2D eigenvalue weighted by Gasteiger charge is 2.34. The van der Waals surface area contributed by atoms with Crippen molar-refractivity contribution in [2.24, 2.45) is 0 Å². The Kier molecular flexibility index (Phi) is 3.06. The third kappa shape index (κ3) is 2.31. The van der Waals surface area contributed by atoms with Crippen LogP contribution in [0.4, 0.5) is 24.7 Å². The second kappa shape index (κ2) is 3.96. The second-order valence-corrected chi connectivity index (χ2v) is 3.20. The van der Waals surface area contributed by atoms with Crippen molar-refractivity contribution in [3.8, 4) is 0 Å². The van der Waals surface area contributed by atoms with Crippen LogP contribution in [0.2, 0.25) is 0 Å². The van der Waals surface area contributed by atoms with Crippen molar-refractivity contribution in [2.45, 2.75) is 25.9 Å². The Hall–Kier alpha value is -1.46. The highest BCUT2D eigenvalue weighted by atomic mass is 19.4. The summed E-state index contributed by atoms with van der Waals surface area (Å²) in [6, 6.07) is 0. The van der Waals surface area contributed by atoms with Crippen molar-refractivity contribution < 1.29 is 13.2 Å². The van der Waals surface area contributed by atoms with Crippen molar-refractivity contribution in [2.75, 3.05) is 11.5 Å². The third-order valence-electron chi connectivity index (χ3n) is 2.06. The molecule has 0 amide bonds. The molecule has 0 aliphatic rings. The predicted molar refractivity (Wildman–Crippen MR) is 52.1 cm³/mol. The minimum atomic E-state index is -4.43. The number of nitrogen functional groups attached to an aromatic ring is 2. The molecule has 0 fully saturated rings. The molecule has 0 radical (unpaired) electrons. The zero-order valence-electron chi connectivity index (χ0n) is 8.23. The van der Waals surface area contributed by atoms with E-state index in [4.69, 9.17) is 11.5 Å². The fourth-order valence-corrected chi connectivity index (χ4v) is 1.34. The molecule has 0 aliphatic heterocycles. The molecule has 4 N–H and O–H groups in total. The molecule has 6 heteroatoms. The van der Waals surface area contributed by atoms with E-state index in [9.17, 15) is 13.2 Å². The maximum absolute atomic E-state index is 12.5. The van der Waals surface area contributed by atoms with Gasteiger partial charge in [-0.25, -0.2) is 4.98 Å². The van der Waals surface area contributed by atoms with E-state index in [-0.39, 0.29) is 23.5 Å². The van der Waals surface area contributed by atoms with Gasteiger partial charge in [-0.15, -0.1) is 0 Å². The van der Waals surface area contributed by atoms with Crippen molar-refractivity contribution in [3.63, 3.8) is 0 Å². The standard InChI is InChI=1S/C9H12F3N3/c1-2-3-5-6(9(10,11)12)4-15-8(14)7(5)13/h4H,2-3,13H2,1H3,(H2,14,15). The second-order valence-electron chi connectivity index (χ2n) is 3.20. The lowest BCUT2D eigenvalue weighted by Crippen LogP contribution is -2.14. The number of halogens is 3. The highest BCUT2D eigenvalue weighted by molar-refractivity contribution is 5.65. The fourth-order valence-electron chi connectivity index (χ4n) is 1.34. The van der Waals surface area contributed by atoms with Crippen LogP contribution in [0, 0.1) is 0 Å². The first-order chi connectivity index (χ1) is 6.88. The Balaban J connectivity index is 3.33. The lowest BCUT2D eigenvalue weighted by Gasteiger charge is -2.14. The first-order valence-electron chi connectivity index (χ1n) is 4.48. The van der Waals surface area contributed by atoms with Crippen molar-refractivity contribution >= 4 is 11.5 Å². The number of nitrogens with zero attached hydrogens (tertiary/aromatic N) is 1. The summed E-state index contributed by atoms with van der Waals surface area (Å²) in [5, 5.41) is 0. The van der Waals surface area contributed by atoms with Crippen molar-refractivity contribution in [3.05, 3.63) is 17.3 Å². The van der Waals surface area contributed by atoms with Gasteiger partial charge < -0.3 is 11.5 Å². The van der Waals surface area contributed by atoms with Gasteiger partial charge in [-0.1, -0.05) is 13.3 Å². The molecule has 1 heterocycles. The van der Waals surface area contributed by atoms with Crippen LogP contribution in [-0.4, -0.2) is 4.98 Å². The maximum atomic E-state index is 12.5. The van der Waals surface area contributed by atoms with Gasteiger partial charge in [-0.05, 0) is 12.0 Å². The Morgan fingerprint density at radius 1 is 1.33 bits per heavy atom. The lowest BCUT2D eigenvalue weighted by atomic mass is 10.0. The van der Waals surface area contributed by atoms with E-state index in [0.29, 0.717) is 6.42 Å². The minimum Gasteiger partial charge on any atom is -0.396 e. The zero-order chi connectivity index (χ0) is 11.6. The van der Waals surface area contributed by atoms with Crippen molar-refractivity contribution in [1.29, 1.82) is 0 Å². The van der Waals surface area contributed by atoms with E-state index in [1.165, 1.54) is 0 Å². The first kappa shape index (κ1) is 11.6. The number of rotatable bonds is 2. The fraction of sp³-hybridized carbons (Fsp3) is 0.444. The summed E-state index contributed by atoms with van der Waals surface area (Å²) < 4.78 is 37.6. The number of alkyl halides is 3. The summed E-state index contributed by atoms with van der Waals surface area (Å²) in [6.07, 6.45) is -2.89. The van der Waals surface area contributed by atoms with Gasteiger partial charge >= 0.3 is 6.18 Å². The molecule has 1 rings (SSSR count). The van der Waals surface area contributed by atoms with Crippen LogP contribution < -0.4 is 11.5 Å². The molecule has 84 valence electrons. The van der Waals surface area contributed by atoms with E-state index in [1.807, 2.05) is 0 Å². The normalized spacial score (nSPS) is 11.7. The Bertz CT molecular complexity index is 360. The summed E-state index contributed by atoms with van der Waals surface area (Å²) in [4.78, 5) is 3.42. The SMILES string of the molecule is CCCc1c(C(F)(F)F)cnc(N)c1N. The molecule has 0 unspecified atom stereocenters. The van der Waals surface area contributed by atoms with Gasteiger partial charge in [0.1, 0.15) is 5.82 Å². The van der Waals surface area contributed by atoms with E-state index < -0.39 is 11.7 Å². The predicted octanol–water partition coefficient (Wildman–Crippen LogP) is 2.22. The maximum Gasteiger partial charge on any atom is 0.418 e. The largest absolute Gasteiger partial charge is 0.418 e. The highest BCUT2D eigenvalue weighted by Crippen LogP contribution is 2.35. The van der Waals surface area contributed by atoms with Gasteiger partial charge in [0.05, 0.1) is 11.3 Å². The van der Waals surface area contributed by atoms with Crippen LogP contribution in [0.15, 0.2) is 6.20 Å². The molecule has 0 atom stereocenters. The van der Waals surface area contributed by atoms with Crippen LogP contribution >= 0.6 is 0 Å². The van der Waals surface area contributed by atoms with Crippen LogP contribution in [0.5, 0.6) is 0 Å². The van der Waals surface area contributed by atoms with Crippen LogP contribution in [-0.2, 0) is 12.6 Å². The molecule has 1 aromatic rings. The van der Waals surface area contributed by atoms with Gasteiger partial charge in [-0.3, -0.25) is 0 Å². The Morgan fingerprint density at radius 2 is 1.93 bits per heavy atom. The van der Waals surface area contributed by atoms with Gasteiger partial charge in [0.2, 0.25) is 0 Å². The third-order valence-corrected chi connectivity index (χ3v) is 2.06. The summed E-state index contributed by atoms with van der Waals surface area (Å²) in [7, 11) is 0. The molecule has 0 aromatic carbocycles. The molecular formula is C9H12F3N3. The molecule has 3 nitrogen and oxygen atoms in total. The number of hydrogen-bond acceptors (Lipinski definition) is 3. The lowest BCUT2D eigenvalue weighted by molar-refractivity contribution is -0.138. The zero-order valence-corrected chi connectivity index (χ0v) is 8.23. The molecule has 0 saturated heterocycles. The van der Waals surface area contributed by atoms with Crippen LogP contribution in [0.1, 0.15) is 24.5 Å². The van der Waals surface area contributed by atoms with Gasteiger partial charge in [-0.2, -0.15) is 13.2 Å². The summed E-state index contributed by atoms with van der Waals surface area (Å²) in [6.45, 7) is 1.77. The smallest absolute Gasteiger partial charge is 0.396 e. The summed E-state index contributed by atoms with van der Waals surface area (Å²) >= 11 is 0. The Labute approximate surface area is 85.3 Å². The topological polar surface area (TPSA) is 64.9 Å². The molecule has 1 aromatic heterocycles. The molecular weight excluding hydrogens is 207 g/mol. The minimum absolute atomic E-state index is 0.0394. The number of nitrogens with two attached hydrogens (primary N) is 2. The number of hydrogen-bond donors (Lipinski definition) is 2. The monoisotopic (exact) mass is 219 g/mol. The van der Waals surface area contributed by atoms with E-state index in [0.717, 1.165) is 6.20 Å². The van der Waals surface area contributed by atoms with Crippen LogP contribution in [0.3, 0.4) is 0 Å². The van der Waals surface area contributed by atoms with Gasteiger partial charge in [0, 0.05) is 6.20 Å². The van der Waals surface area contributed by atoms with E-state index in [1.54, 1.807) is 6.92 Å². The van der Waals surface area contributed by atoms with E-state index >= 15 is 0 Å². The van der Waals surface area contributed by atoms with Gasteiger partial charge in [0.15, 0.2) is 0 Å². The molecule has 0 spiro atoms. The number of pyridine rings is 1. The number of aromatic nitrogens is 1. The summed E-state index contributed by atoms with van der Waals surface area (Å²) in [5.74, 6) is -0.0496. The molecule has 15 heavy (non-hydrogen) atoms. The van der Waals surface area contributed by atoms with Crippen molar-refractivity contribution in [1.82, 2.24) is 4.98 Å². The number of anilines is 2. The average Bonchev–Trinajstić information content (AvgIpc) is 2.11. The average molecular weight is 219 g/mol. The Morgan fingerprint density at radius 3 is 2.40 bits per heavy atom. The van der Waals surface area contributed by atoms with Gasteiger partial charge in [0.25, 0.3) is 0 Å². The quantitative estimate of drug-likeness (QED) is 0.801. The van der Waals surface area contributed by atoms with Crippen LogP contribution in [0.25, 0.3) is 0 Å². The molecule has 0 aliphatic carbocycles. The molecule has 0 saturated carbocycles. The van der Waals surface area contributed by atoms with E-state index in [2.05, 4.69) is 4.98 Å². The molecule has 0 bridgehead atoms.